The van der Waals surface area contributed by atoms with Gasteiger partial charge in [0.25, 0.3) is 0 Å². The molecule has 120 valence electrons. The van der Waals surface area contributed by atoms with Crippen molar-refractivity contribution in [2.45, 2.75) is 64.9 Å². The molecule has 4 aliphatic rings. The average Bonchev–Trinajstić information content (AvgIpc) is 2.79. The summed E-state index contributed by atoms with van der Waals surface area (Å²) in [7, 11) is 0. The molecule has 4 rings (SSSR count). The summed E-state index contributed by atoms with van der Waals surface area (Å²) in [4.78, 5) is 24.2. The minimum Gasteiger partial charge on any atom is -0.392 e. The van der Waals surface area contributed by atoms with Crippen LogP contribution >= 0.6 is 0 Å². The molecule has 6 unspecified atom stereocenters. The molecule has 0 spiro atoms. The Balaban J connectivity index is 1.74. The monoisotopic (exact) mass is 302 g/mol. The molecule has 0 saturated heterocycles. The van der Waals surface area contributed by atoms with Crippen LogP contribution < -0.4 is 0 Å². The molecule has 0 radical (unpaired) electrons. The third kappa shape index (κ3) is 1.66. The molecule has 3 heteroatoms. The standard InChI is InChI=1S/C19H26O3/c1-18-8-7-12(20)9-11(18)3-4-13-14-5-6-16(21)19(14,2)17(22)10-15(13)18/h9,13-15,17,22H,3-8,10H2,1-2H3. The normalized spacial score (nSPS) is 51.0. The molecule has 0 aliphatic heterocycles. The molecule has 0 bridgehead atoms. The maximum Gasteiger partial charge on any atom is 0.155 e. The molecule has 3 saturated carbocycles. The van der Waals surface area contributed by atoms with Crippen LogP contribution in [0.15, 0.2) is 11.6 Å². The van der Waals surface area contributed by atoms with Crippen molar-refractivity contribution in [3.63, 3.8) is 0 Å². The topological polar surface area (TPSA) is 54.4 Å². The quantitative estimate of drug-likeness (QED) is 0.748. The Labute approximate surface area is 132 Å². The highest BCUT2D eigenvalue weighted by Crippen LogP contribution is 2.64. The van der Waals surface area contributed by atoms with Crippen molar-refractivity contribution in [2.75, 3.05) is 0 Å². The average molecular weight is 302 g/mol. The predicted octanol–water partition coefficient (Wildman–Crippen LogP) is 3.06. The minimum absolute atomic E-state index is 0.0603. The number of aliphatic hydroxyl groups excluding tert-OH is 1. The van der Waals surface area contributed by atoms with Crippen molar-refractivity contribution in [1.29, 1.82) is 0 Å². The van der Waals surface area contributed by atoms with Gasteiger partial charge in [-0.2, -0.15) is 0 Å². The first kappa shape index (κ1) is 14.6. The van der Waals surface area contributed by atoms with Gasteiger partial charge in [-0.1, -0.05) is 12.5 Å². The molecule has 0 aromatic carbocycles. The number of ketones is 2. The maximum absolute atomic E-state index is 12.4. The fourth-order valence-corrected chi connectivity index (χ4v) is 6.31. The van der Waals surface area contributed by atoms with E-state index in [2.05, 4.69) is 6.92 Å². The van der Waals surface area contributed by atoms with Crippen LogP contribution in [0, 0.1) is 28.6 Å². The first-order valence-electron chi connectivity index (χ1n) is 8.82. The van der Waals surface area contributed by atoms with E-state index in [1.807, 2.05) is 13.0 Å². The number of carbonyl (C=O) groups is 2. The highest BCUT2D eigenvalue weighted by atomic mass is 16.3. The summed E-state index contributed by atoms with van der Waals surface area (Å²) in [5.74, 6) is 1.84. The Morgan fingerprint density at radius 2 is 1.86 bits per heavy atom. The summed E-state index contributed by atoms with van der Waals surface area (Å²) >= 11 is 0. The van der Waals surface area contributed by atoms with Gasteiger partial charge in [-0.15, -0.1) is 0 Å². The van der Waals surface area contributed by atoms with Crippen molar-refractivity contribution >= 4 is 11.6 Å². The van der Waals surface area contributed by atoms with Crippen molar-refractivity contribution in [1.82, 2.24) is 0 Å². The fourth-order valence-electron chi connectivity index (χ4n) is 6.31. The summed E-state index contributed by atoms with van der Waals surface area (Å²) in [6.45, 7) is 4.31. The van der Waals surface area contributed by atoms with Gasteiger partial charge in [0.05, 0.1) is 11.5 Å². The second-order valence-electron chi connectivity index (χ2n) is 8.46. The van der Waals surface area contributed by atoms with E-state index < -0.39 is 11.5 Å². The van der Waals surface area contributed by atoms with Crippen molar-refractivity contribution < 1.29 is 14.7 Å². The third-order valence-electron chi connectivity index (χ3n) is 7.78. The Kier molecular flexibility index (Phi) is 3.01. The van der Waals surface area contributed by atoms with E-state index in [0.717, 1.165) is 32.1 Å². The number of aliphatic hydroxyl groups is 1. The van der Waals surface area contributed by atoms with Crippen LogP contribution in [0.5, 0.6) is 0 Å². The van der Waals surface area contributed by atoms with E-state index in [-0.39, 0.29) is 17.0 Å². The Morgan fingerprint density at radius 3 is 2.64 bits per heavy atom. The first-order valence-corrected chi connectivity index (χ1v) is 8.82. The van der Waals surface area contributed by atoms with Gasteiger partial charge in [-0.05, 0) is 68.3 Å². The number of allylic oxidation sites excluding steroid dienone is 1. The molecular weight excluding hydrogens is 276 g/mol. The lowest BCUT2D eigenvalue weighted by atomic mass is 9.47. The molecule has 3 fully saturated rings. The summed E-state index contributed by atoms with van der Waals surface area (Å²) in [6, 6.07) is 0. The maximum atomic E-state index is 12.4. The van der Waals surface area contributed by atoms with E-state index in [9.17, 15) is 14.7 Å². The SMILES string of the molecule is CC12CCC(=O)C=C1CCC1C2CC(O)C2(C)C(=O)CCC12. The lowest BCUT2D eigenvalue weighted by Gasteiger charge is -2.58. The van der Waals surface area contributed by atoms with Crippen molar-refractivity contribution in [3.8, 4) is 0 Å². The number of Topliss-reactive ketones (excluding diaryl/α,β-unsaturated/α-hetero) is 1. The highest BCUT2D eigenvalue weighted by Gasteiger charge is 2.62. The lowest BCUT2D eigenvalue weighted by Crippen LogP contribution is -2.56. The fraction of sp³-hybridized carbons (Fsp3) is 0.789. The van der Waals surface area contributed by atoms with Crippen LogP contribution in [-0.2, 0) is 9.59 Å². The zero-order chi connectivity index (χ0) is 15.7. The smallest absolute Gasteiger partial charge is 0.155 e. The summed E-state index contributed by atoms with van der Waals surface area (Å²) in [6.07, 6.45) is 7.33. The molecule has 1 N–H and O–H groups in total. The van der Waals surface area contributed by atoms with E-state index in [1.165, 1.54) is 5.57 Å². The van der Waals surface area contributed by atoms with Gasteiger partial charge in [0, 0.05) is 12.8 Å². The predicted molar refractivity (Wildman–Crippen MR) is 83.1 cm³/mol. The minimum atomic E-state index is -0.512. The van der Waals surface area contributed by atoms with Crippen LogP contribution in [0.4, 0.5) is 0 Å². The van der Waals surface area contributed by atoms with E-state index in [1.54, 1.807) is 0 Å². The second kappa shape index (κ2) is 4.53. The van der Waals surface area contributed by atoms with Crippen molar-refractivity contribution in [3.05, 3.63) is 11.6 Å². The summed E-state index contributed by atoms with van der Waals surface area (Å²) in [5, 5.41) is 10.8. The second-order valence-corrected chi connectivity index (χ2v) is 8.46. The molecule has 0 amide bonds. The molecule has 0 aromatic rings. The number of hydrogen-bond donors (Lipinski definition) is 1. The van der Waals surface area contributed by atoms with Crippen molar-refractivity contribution in [2.24, 2.45) is 28.6 Å². The highest BCUT2D eigenvalue weighted by molar-refractivity contribution is 5.91. The number of carbonyl (C=O) groups excluding carboxylic acids is 2. The van der Waals surface area contributed by atoms with Gasteiger partial charge in [0.1, 0.15) is 5.78 Å². The Bertz CT molecular complexity index is 577. The van der Waals surface area contributed by atoms with Crippen LogP contribution in [0.25, 0.3) is 0 Å². The molecule has 4 aliphatic carbocycles. The van der Waals surface area contributed by atoms with E-state index in [4.69, 9.17) is 0 Å². The van der Waals surface area contributed by atoms with Gasteiger partial charge < -0.3 is 5.11 Å². The molecule has 6 atom stereocenters. The third-order valence-corrected chi connectivity index (χ3v) is 7.78. The molecular formula is C19H26O3. The van der Waals surface area contributed by atoms with Crippen LogP contribution in [-0.4, -0.2) is 22.8 Å². The zero-order valence-corrected chi connectivity index (χ0v) is 13.6. The number of fused-ring (bicyclic) bond motifs is 5. The largest absolute Gasteiger partial charge is 0.392 e. The van der Waals surface area contributed by atoms with Crippen LogP contribution in [0.3, 0.4) is 0 Å². The van der Waals surface area contributed by atoms with E-state index in [0.29, 0.717) is 30.6 Å². The molecule has 3 nitrogen and oxygen atoms in total. The van der Waals surface area contributed by atoms with E-state index >= 15 is 0 Å². The van der Waals surface area contributed by atoms with Gasteiger partial charge in [0.15, 0.2) is 5.78 Å². The Hall–Kier alpha value is -0.960. The van der Waals surface area contributed by atoms with Crippen LogP contribution in [0.2, 0.25) is 0 Å². The lowest BCUT2D eigenvalue weighted by molar-refractivity contribution is -0.150. The van der Waals surface area contributed by atoms with Gasteiger partial charge >= 0.3 is 0 Å². The molecule has 0 heterocycles. The van der Waals surface area contributed by atoms with Crippen LogP contribution in [0.1, 0.15) is 58.8 Å². The van der Waals surface area contributed by atoms with Gasteiger partial charge in [-0.25, -0.2) is 0 Å². The number of hydrogen-bond acceptors (Lipinski definition) is 3. The molecule has 0 aromatic heterocycles. The zero-order valence-electron chi connectivity index (χ0n) is 13.6. The summed E-state index contributed by atoms with van der Waals surface area (Å²) < 4.78 is 0. The van der Waals surface area contributed by atoms with Gasteiger partial charge in [-0.3, -0.25) is 9.59 Å². The molecule has 22 heavy (non-hydrogen) atoms. The first-order chi connectivity index (χ1) is 10.4. The Morgan fingerprint density at radius 1 is 1.09 bits per heavy atom. The summed E-state index contributed by atoms with van der Waals surface area (Å²) in [5.41, 5.74) is 0.860. The number of rotatable bonds is 0. The van der Waals surface area contributed by atoms with Gasteiger partial charge in [0.2, 0.25) is 0 Å².